The molecule has 3 rings (SSSR count). The van der Waals surface area contributed by atoms with Gasteiger partial charge in [-0.3, -0.25) is 4.79 Å². The Labute approximate surface area is 169 Å². The zero-order chi connectivity index (χ0) is 20.5. The van der Waals surface area contributed by atoms with Gasteiger partial charge in [0.05, 0.1) is 5.56 Å². The van der Waals surface area contributed by atoms with Gasteiger partial charge in [0, 0.05) is 18.4 Å². The molecule has 6 nitrogen and oxygen atoms in total. The third-order valence-corrected chi connectivity index (χ3v) is 4.14. The summed E-state index contributed by atoms with van der Waals surface area (Å²) in [4.78, 5) is 24.2. The average Bonchev–Trinajstić information content (AvgIpc) is 2.77. The van der Waals surface area contributed by atoms with Gasteiger partial charge in [0.2, 0.25) is 0 Å². The highest BCUT2D eigenvalue weighted by Crippen LogP contribution is 2.18. The van der Waals surface area contributed by atoms with Gasteiger partial charge in [-0.1, -0.05) is 42.5 Å². The number of carbonyl (C=O) groups is 2. The minimum absolute atomic E-state index is 0.372. The lowest BCUT2D eigenvalue weighted by atomic mass is 10.2. The fourth-order valence-corrected chi connectivity index (χ4v) is 2.66. The van der Waals surface area contributed by atoms with E-state index < -0.39 is 11.9 Å². The summed E-state index contributed by atoms with van der Waals surface area (Å²) < 4.78 is 10.8. The first-order chi connectivity index (χ1) is 14.2. The second-order valence-electron chi connectivity index (χ2n) is 6.22. The monoisotopic (exact) mass is 390 g/mol. The van der Waals surface area contributed by atoms with Crippen molar-refractivity contribution >= 4 is 23.3 Å². The van der Waals surface area contributed by atoms with Crippen LogP contribution in [0.15, 0.2) is 78.9 Å². The molecule has 0 aliphatic carbocycles. The van der Waals surface area contributed by atoms with Gasteiger partial charge in [-0.15, -0.1) is 0 Å². The zero-order valence-electron chi connectivity index (χ0n) is 16.1. The number of carbonyl (C=O) groups excluding carboxylic acids is 2. The molecular formula is C23H22N2O4. The molecule has 0 fully saturated rings. The smallest absolute Gasteiger partial charge is 0.340 e. The van der Waals surface area contributed by atoms with Gasteiger partial charge in [-0.2, -0.15) is 0 Å². The molecule has 0 bridgehead atoms. The maximum absolute atomic E-state index is 12.2. The van der Waals surface area contributed by atoms with Crippen LogP contribution in [-0.4, -0.2) is 25.5 Å². The van der Waals surface area contributed by atoms with E-state index >= 15 is 0 Å². The molecule has 0 atom stereocenters. The average molecular weight is 390 g/mol. The highest BCUT2D eigenvalue weighted by Gasteiger charge is 2.13. The highest BCUT2D eigenvalue weighted by molar-refractivity contribution is 5.98. The number of hydrogen-bond acceptors (Lipinski definition) is 5. The van der Waals surface area contributed by atoms with Gasteiger partial charge in [0.25, 0.3) is 5.91 Å². The highest BCUT2D eigenvalue weighted by atomic mass is 16.5. The Morgan fingerprint density at radius 1 is 0.862 bits per heavy atom. The molecule has 0 saturated carbocycles. The van der Waals surface area contributed by atoms with Crippen molar-refractivity contribution in [3.8, 4) is 5.75 Å². The summed E-state index contributed by atoms with van der Waals surface area (Å²) in [5, 5.41) is 5.61. The standard InChI is InChI=1S/C23H22N2O4/c1-24-21-10-6-5-9-20(21)23(27)29-16-22(26)25-18-11-13-19(14-12-18)28-15-17-7-3-2-4-8-17/h2-14,24H,15-16H2,1H3,(H,25,26). The van der Waals surface area contributed by atoms with Crippen LogP contribution in [0.25, 0.3) is 0 Å². The van der Waals surface area contributed by atoms with Gasteiger partial charge in [-0.25, -0.2) is 4.79 Å². The first-order valence-corrected chi connectivity index (χ1v) is 9.16. The molecule has 0 aliphatic rings. The van der Waals surface area contributed by atoms with E-state index in [0.717, 1.165) is 5.56 Å². The van der Waals surface area contributed by atoms with Crippen molar-refractivity contribution in [1.29, 1.82) is 0 Å². The third-order valence-electron chi connectivity index (χ3n) is 4.14. The number of benzene rings is 3. The number of para-hydroxylation sites is 1. The van der Waals surface area contributed by atoms with E-state index in [1.165, 1.54) is 0 Å². The Bertz CT molecular complexity index is 956. The first-order valence-electron chi connectivity index (χ1n) is 9.16. The molecule has 0 saturated heterocycles. The molecule has 1 amide bonds. The van der Waals surface area contributed by atoms with E-state index in [-0.39, 0.29) is 6.61 Å². The van der Waals surface area contributed by atoms with Crippen LogP contribution in [0.5, 0.6) is 5.75 Å². The number of esters is 1. The first kappa shape index (κ1) is 19.9. The molecule has 0 aliphatic heterocycles. The maximum atomic E-state index is 12.2. The molecule has 0 radical (unpaired) electrons. The van der Waals surface area contributed by atoms with Gasteiger partial charge in [0.1, 0.15) is 12.4 Å². The number of anilines is 2. The van der Waals surface area contributed by atoms with E-state index in [9.17, 15) is 9.59 Å². The van der Waals surface area contributed by atoms with Crippen LogP contribution < -0.4 is 15.4 Å². The fourth-order valence-electron chi connectivity index (χ4n) is 2.66. The van der Waals surface area contributed by atoms with Crippen LogP contribution >= 0.6 is 0 Å². The molecular weight excluding hydrogens is 368 g/mol. The molecule has 0 spiro atoms. The minimum atomic E-state index is -0.560. The van der Waals surface area contributed by atoms with Crippen LogP contribution in [0.3, 0.4) is 0 Å². The van der Waals surface area contributed by atoms with Gasteiger partial charge >= 0.3 is 5.97 Å². The van der Waals surface area contributed by atoms with E-state index in [2.05, 4.69) is 10.6 Å². The molecule has 3 aromatic rings. The lowest BCUT2D eigenvalue weighted by molar-refractivity contribution is -0.119. The molecule has 29 heavy (non-hydrogen) atoms. The summed E-state index contributed by atoms with van der Waals surface area (Å²) >= 11 is 0. The van der Waals surface area contributed by atoms with Crippen molar-refractivity contribution in [2.75, 3.05) is 24.3 Å². The number of ether oxygens (including phenoxy) is 2. The van der Waals surface area contributed by atoms with E-state index in [1.807, 2.05) is 36.4 Å². The second kappa shape index (κ2) is 9.94. The van der Waals surface area contributed by atoms with Crippen molar-refractivity contribution in [3.05, 3.63) is 90.0 Å². The number of amides is 1. The van der Waals surface area contributed by atoms with Crippen LogP contribution in [0.1, 0.15) is 15.9 Å². The quantitative estimate of drug-likeness (QED) is 0.566. The van der Waals surface area contributed by atoms with Gasteiger partial charge < -0.3 is 20.1 Å². The number of nitrogens with one attached hydrogen (secondary N) is 2. The van der Waals surface area contributed by atoms with Crippen molar-refractivity contribution in [2.45, 2.75) is 6.61 Å². The topological polar surface area (TPSA) is 76.7 Å². The van der Waals surface area contributed by atoms with Crippen molar-refractivity contribution < 1.29 is 19.1 Å². The Morgan fingerprint density at radius 2 is 1.55 bits per heavy atom. The molecule has 0 aromatic heterocycles. The number of hydrogen-bond donors (Lipinski definition) is 2. The van der Waals surface area contributed by atoms with E-state index in [4.69, 9.17) is 9.47 Å². The van der Waals surface area contributed by atoms with Crippen molar-refractivity contribution in [3.63, 3.8) is 0 Å². The predicted octanol–water partition coefficient (Wildman–Crippen LogP) is 4.10. The number of rotatable bonds is 8. The second-order valence-corrected chi connectivity index (χ2v) is 6.22. The molecule has 3 aromatic carbocycles. The van der Waals surface area contributed by atoms with Crippen molar-refractivity contribution in [2.24, 2.45) is 0 Å². The summed E-state index contributed by atoms with van der Waals surface area (Å²) in [6.45, 7) is 0.0970. The third kappa shape index (κ3) is 5.84. The summed E-state index contributed by atoms with van der Waals surface area (Å²) in [6.07, 6.45) is 0. The Kier molecular flexibility index (Phi) is 6.84. The van der Waals surface area contributed by atoms with Crippen LogP contribution in [0.2, 0.25) is 0 Å². The minimum Gasteiger partial charge on any atom is -0.489 e. The Balaban J connectivity index is 1.47. The Morgan fingerprint density at radius 3 is 2.28 bits per heavy atom. The summed E-state index contributed by atoms with van der Waals surface area (Å²) in [5.74, 6) is -0.282. The van der Waals surface area contributed by atoms with E-state index in [1.54, 1.807) is 49.5 Å². The molecule has 2 N–H and O–H groups in total. The molecule has 0 heterocycles. The van der Waals surface area contributed by atoms with Gasteiger partial charge in [-0.05, 0) is 42.0 Å². The molecule has 0 unspecified atom stereocenters. The summed E-state index contributed by atoms with van der Waals surface area (Å²) in [6, 6.07) is 23.8. The fraction of sp³-hybridized carbons (Fsp3) is 0.130. The van der Waals surface area contributed by atoms with Crippen LogP contribution in [0.4, 0.5) is 11.4 Å². The van der Waals surface area contributed by atoms with Crippen molar-refractivity contribution in [1.82, 2.24) is 0 Å². The van der Waals surface area contributed by atoms with Crippen LogP contribution in [-0.2, 0) is 16.1 Å². The van der Waals surface area contributed by atoms with Gasteiger partial charge in [0.15, 0.2) is 6.61 Å². The zero-order valence-corrected chi connectivity index (χ0v) is 16.1. The lowest BCUT2D eigenvalue weighted by Gasteiger charge is -2.10. The SMILES string of the molecule is CNc1ccccc1C(=O)OCC(=O)Nc1ccc(OCc2ccccc2)cc1. The maximum Gasteiger partial charge on any atom is 0.340 e. The Hall–Kier alpha value is -3.80. The van der Waals surface area contributed by atoms with E-state index in [0.29, 0.717) is 29.3 Å². The summed E-state index contributed by atoms with van der Waals surface area (Å²) in [5.41, 5.74) is 2.69. The molecule has 6 heteroatoms. The normalized spacial score (nSPS) is 10.1. The van der Waals surface area contributed by atoms with Crippen LogP contribution in [0, 0.1) is 0 Å². The predicted molar refractivity (Wildman–Crippen MR) is 112 cm³/mol. The largest absolute Gasteiger partial charge is 0.489 e. The molecule has 148 valence electrons. The lowest BCUT2D eigenvalue weighted by Crippen LogP contribution is -2.21. The summed E-state index contributed by atoms with van der Waals surface area (Å²) in [7, 11) is 1.71.